The Hall–Kier alpha value is -2.30. The van der Waals surface area contributed by atoms with Gasteiger partial charge in [0.1, 0.15) is 5.76 Å². The van der Waals surface area contributed by atoms with Crippen LogP contribution in [0.15, 0.2) is 28.8 Å². The lowest BCUT2D eigenvalue weighted by atomic mass is 10.1. The molecule has 0 spiro atoms. The number of nitrogens with one attached hydrogen (secondary N) is 2. The number of carbonyl (C=O) groups excluding carboxylic acids is 1. The van der Waals surface area contributed by atoms with Crippen molar-refractivity contribution in [3.05, 3.63) is 46.8 Å². The van der Waals surface area contributed by atoms with E-state index in [-0.39, 0.29) is 11.9 Å². The number of nitrogens with zero attached hydrogens (tertiary/aromatic N) is 1. The summed E-state index contributed by atoms with van der Waals surface area (Å²) >= 11 is 0. The average molecular weight is 287 g/mol. The van der Waals surface area contributed by atoms with E-state index in [1.165, 1.54) is 0 Å². The van der Waals surface area contributed by atoms with E-state index in [1.54, 1.807) is 0 Å². The van der Waals surface area contributed by atoms with Gasteiger partial charge in [-0.15, -0.1) is 0 Å². The summed E-state index contributed by atoms with van der Waals surface area (Å²) in [6.07, 6.45) is 0. The van der Waals surface area contributed by atoms with Crippen molar-refractivity contribution in [3.8, 4) is 0 Å². The van der Waals surface area contributed by atoms with E-state index < -0.39 is 0 Å². The summed E-state index contributed by atoms with van der Waals surface area (Å²) in [7, 11) is 0. The Balaban J connectivity index is 2.07. The number of hydrogen-bond donors (Lipinski definition) is 2. The Morgan fingerprint density at radius 1 is 1.29 bits per heavy atom. The lowest BCUT2D eigenvalue weighted by Crippen LogP contribution is -2.27. The lowest BCUT2D eigenvalue weighted by molar-refractivity contribution is 0.0939. The molecule has 1 amide bonds. The number of aryl methyl sites for hydroxylation is 2. The van der Waals surface area contributed by atoms with Gasteiger partial charge in [0.2, 0.25) is 0 Å². The molecule has 1 aromatic carbocycles. The number of carbonyl (C=O) groups is 1. The number of aromatic nitrogens is 1. The van der Waals surface area contributed by atoms with Gasteiger partial charge in [-0.2, -0.15) is 0 Å². The number of amides is 1. The minimum Gasteiger partial charge on any atom is -0.385 e. The number of anilines is 1. The van der Waals surface area contributed by atoms with Crippen LogP contribution >= 0.6 is 0 Å². The molecule has 0 saturated heterocycles. The first-order valence-corrected chi connectivity index (χ1v) is 7.10. The Bertz CT molecular complexity index is 597. The third-order valence-electron chi connectivity index (χ3n) is 3.40. The van der Waals surface area contributed by atoms with Crippen LogP contribution in [0, 0.1) is 13.8 Å². The first-order valence-electron chi connectivity index (χ1n) is 7.10. The summed E-state index contributed by atoms with van der Waals surface area (Å²) in [5.74, 6) is 0.633. The fourth-order valence-electron chi connectivity index (χ4n) is 2.40. The molecule has 0 bridgehead atoms. The number of rotatable bonds is 5. The van der Waals surface area contributed by atoms with Crippen molar-refractivity contribution in [1.82, 2.24) is 10.5 Å². The van der Waals surface area contributed by atoms with E-state index in [9.17, 15) is 4.79 Å². The summed E-state index contributed by atoms with van der Waals surface area (Å²) in [5.41, 5.74) is 3.39. The molecular weight excluding hydrogens is 266 g/mol. The van der Waals surface area contributed by atoms with Gasteiger partial charge in [0.05, 0.1) is 11.7 Å². The average Bonchev–Trinajstić information content (AvgIpc) is 2.79. The van der Waals surface area contributed by atoms with Crippen LogP contribution in [0.1, 0.15) is 47.3 Å². The van der Waals surface area contributed by atoms with Crippen molar-refractivity contribution in [2.45, 2.75) is 33.7 Å². The SMILES string of the molecule is CCNc1ccc(C(=O)NC(C)c2c(C)noc2C)cc1. The van der Waals surface area contributed by atoms with Crippen LogP contribution in [0.4, 0.5) is 5.69 Å². The fraction of sp³-hybridized carbons (Fsp3) is 0.375. The van der Waals surface area contributed by atoms with Crippen LogP contribution in [0.25, 0.3) is 0 Å². The maximum atomic E-state index is 12.3. The molecule has 2 aromatic rings. The van der Waals surface area contributed by atoms with Gasteiger partial charge < -0.3 is 15.2 Å². The van der Waals surface area contributed by atoms with Gasteiger partial charge >= 0.3 is 0 Å². The summed E-state index contributed by atoms with van der Waals surface area (Å²) in [5, 5.41) is 10.1. The zero-order valence-corrected chi connectivity index (χ0v) is 12.9. The van der Waals surface area contributed by atoms with Crippen molar-refractivity contribution < 1.29 is 9.32 Å². The van der Waals surface area contributed by atoms with Crippen LogP contribution in [0.2, 0.25) is 0 Å². The standard InChI is InChI=1S/C16H21N3O2/c1-5-17-14-8-6-13(7-9-14)16(20)18-10(2)15-11(3)19-21-12(15)4/h6-10,17H,5H2,1-4H3,(H,18,20). The molecule has 1 aromatic heterocycles. The van der Waals surface area contributed by atoms with Gasteiger partial charge in [-0.25, -0.2) is 0 Å². The van der Waals surface area contributed by atoms with E-state index in [1.807, 2.05) is 52.0 Å². The molecule has 5 heteroatoms. The maximum Gasteiger partial charge on any atom is 0.251 e. The van der Waals surface area contributed by atoms with E-state index in [0.29, 0.717) is 5.56 Å². The van der Waals surface area contributed by atoms with E-state index >= 15 is 0 Å². The van der Waals surface area contributed by atoms with Gasteiger partial charge in [-0.1, -0.05) is 5.16 Å². The van der Waals surface area contributed by atoms with E-state index in [4.69, 9.17) is 4.52 Å². The zero-order valence-electron chi connectivity index (χ0n) is 12.9. The third-order valence-corrected chi connectivity index (χ3v) is 3.40. The van der Waals surface area contributed by atoms with Crippen molar-refractivity contribution >= 4 is 11.6 Å². The highest BCUT2D eigenvalue weighted by molar-refractivity contribution is 5.94. The molecule has 0 aliphatic carbocycles. The first-order chi connectivity index (χ1) is 10.0. The van der Waals surface area contributed by atoms with Gasteiger partial charge in [0.15, 0.2) is 0 Å². The monoisotopic (exact) mass is 287 g/mol. The number of benzene rings is 1. The third kappa shape index (κ3) is 3.42. The molecule has 21 heavy (non-hydrogen) atoms. The van der Waals surface area contributed by atoms with Crippen molar-refractivity contribution in [1.29, 1.82) is 0 Å². The molecular formula is C16H21N3O2. The molecule has 0 radical (unpaired) electrons. The molecule has 1 heterocycles. The van der Waals surface area contributed by atoms with Gasteiger partial charge in [-0.3, -0.25) is 4.79 Å². The predicted molar refractivity (Wildman–Crippen MR) is 82.5 cm³/mol. The first kappa shape index (κ1) is 15.1. The Labute approximate surface area is 124 Å². The Morgan fingerprint density at radius 2 is 1.95 bits per heavy atom. The molecule has 0 saturated carbocycles. The van der Waals surface area contributed by atoms with Crippen LogP contribution in [-0.2, 0) is 0 Å². The Kier molecular flexibility index (Phi) is 4.62. The fourth-order valence-corrected chi connectivity index (χ4v) is 2.40. The van der Waals surface area contributed by atoms with Crippen molar-refractivity contribution in [2.24, 2.45) is 0 Å². The highest BCUT2D eigenvalue weighted by Crippen LogP contribution is 2.21. The quantitative estimate of drug-likeness (QED) is 0.886. The van der Waals surface area contributed by atoms with Crippen LogP contribution < -0.4 is 10.6 Å². The van der Waals surface area contributed by atoms with Gasteiger partial charge in [0.25, 0.3) is 5.91 Å². The zero-order chi connectivity index (χ0) is 15.4. The summed E-state index contributed by atoms with van der Waals surface area (Å²) in [6, 6.07) is 7.29. The maximum absolute atomic E-state index is 12.3. The molecule has 0 aliphatic heterocycles. The molecule has 5 nitrogen and oxygen atoms in total. The number of hydrogen-bond acceptors (Lipinski definition) is 4. The van der Waals surface area contributed by atoms with Crippen LogP contribution in [-0.4, -0.2) is 17.6 Å². The largest absolute Gasteiger partial charge is 0.385 e. The molecule has 2 rings (SSSR count). The van der Waals surface area contributed by atoms with Gasteiger partial charge in [-0.05, 0) is 52.0 Å². The summed E-state index contributed by atoms with van der Waals surface area (Å²) < 4.78 is 5.14. The highest BCUT2D eigenvalue weighted by Gasteiger charge is 2.18. The van der Waals surface area contributed by atoms with E-state index in [0.717, 1.165) is 29.2 Å². The molecule has 1 atom stereocenters. The van der Waals surface area contributed by atoms with Crippen LogP contribution in [0.3, 0.4) is 0 Å². The smallest absolute Gasteiger partial charge is 0.251 e. The molecule has 0 fully saturated rings. The minimum absolute atomic E-state index is 0.106. The molecule has 2 N–H and O–H groups in total. The summed E-state index contributed by atoms with van der Waals surface area (Å²) in [4.78, 5) is 12.3. The molecule has 112 valence electrons. The topological polar surface area (TPSA) is 67.2 Å². The molecule has 1 unspecified atom stereocenters. The summed E-state index contributed by atoms with van der Waals surface area (Å²) in [6.45, 7) is 8.54. The van der Waals surface area contributed by atoms with Crippen LogP contribution in [0.5, 0.6) is 0 Å². The second kappa shape index (κ2) is 6.43. The second-order valence-corrected chi connectivity index (χ2v) is 5.04. The van der Waals surface area contributed by atoms with Crippen molar-refractivity contribution in [3.63, 3.8) is 0 Å². The lowest BCUT2D eigenvalue weighted by Gasteiger charge is -2.14. The second-order valence-electron chi connectivity index (χ2n) is 5.04. The normalized spacial score (nSPS) is 12.0. The van der Waals surface area contributed by atoms with E-state index in [2.05, 4.69) is 15.8 Å². The van der Waals surface area contributed by atoms with Crippen molar-refractivity contribution in [2.75, 3.05) is 11.9 Å². The highest BCUT2D eigenvalue weighted by atomic mass is 16.5. The Morgan fingerprint density at radius 3 is 2.48 bits per heavy atom. The molecule has 0 aliphatic rings. The predicted octanol–water partition coefficient (Wildman–Crippen LogP) is 3.21. The van der Waals surface area contributed by atoms with Gasteiger partial charge in [0, 0.05) is 23.4 Å². The minimum atomic E-state index is -0.141.